The molecule has 0 radical (unpaired) electrons. The number of methoxy groups -OCH3 is 1. The Labute approximate surface area is 153 Å². The summed E-state index contributed by atoms with van der Waals surface area (Å²) in [7, 11) is 1.54. The predicted octanol–water partition coefficient (Wildman–Crippen LogP) is 4.44. The van der Waals surface area contributed by atoms with E-state index >= 15 is 0 Å². The maximum atomic E-state index is 13.1. The van der Waals surface area contributed by atoms with Crippen LogP contribution in [-0.2, 0) is 14.3 Å². The van der Waals surface area contributed by atoms with Gasteiger partial charge in [-0.05, 0) is 37.1 Å². The number of amides is 2. The molecule has 4 heteroatoms. The van der Waals surface area contributed by atoms with Crippen LogP contribution < -0.4 is 4.90 Å². The van der Waals surface area contributed by atoms with E-state index in [-0.39, 0.29) is 11.8 Å². The van der Waals surface area contributed by atoms with Crippen LogP contribution in [-0.4, -0.2) is 18.9 Å². The van der Waals surface area contributed by atoms with Crippen LogP contribution in [0.1, 0.15) is 36.1 Å². The summed E-state index contributed by atoms with van der Waals surface area (Å²) in [6.07, 6.45) is 0. The van der Waals surface area contributed by atoms with E-state index in [4.69, 9.17) is 4.74 Å². The first-order valence-electron chi connectivity index (χ1n) is 8.36. The van der Waals surface area contributed by atoms with E-state index in [0.29, 0.717) is 22.6 Å². The largest absolute Gasteiger partial charge is 0.495 e. The maximum absolute atomic E-state index is 13.1. The average Bonchev–Trinajstić information content (AvgIpc) is 2.89. The molecule has 0 saturated heterocycles. The minimum Gasteiger partial charge on any atom is -0.495 e. The minimum absolute atomic E-state index is 0.324. The first kappa shape index (κ1) is 17.7. The smallest absolute Gasteiger partial charge is 0.269 e. The molecule has 2 amide bonds. The van der Waals surface area contributed by atoms with E-state index < -0.39 is 0 Å². The van der Waals surface area contributed by atoms with Crippen LogP contribution in [0, 0.1) is 6.92 Å². The number of nitrogens with zero attached hydrogens (tertiary/aromatic N) is 1. The van der Waals surface area contributed by atoms with Gasteiger partial charge in [0.05, 0.1) is 18.4 Å². The zero-order chi connectivity index (χ0) is 19.0. The molecule has 0 fully saturated rings. The van der Waals surface area contributed by atoms with Crippen molar-refractivity contribution >= 4 is 34.4 Å². The second-order valence-corrected chi connectivity index (χ2v) is 6.40. The summed E-state index contributed by atoms with van der Waals surface area (Å²) < 4.78 is 5.66. The van der Waals surface area contributed by atoms with Crippen molar-refractivity contribution in [2.75, 3.05) is 12.0 Å². The monoisotopic (exact) mass is 347 g/mol. The van der Waals surface area contributed by atoms with E-state index in [9.17, 15) is 9.59 Å². The molecule has 0 saturated carbocycles. The molecule has 1 aliphatic heterocycles. The fourth-order valence-electron chi connectivity index (χ4n) is 3.24. The van der Waals surface area contributed by atoms with Crippen LogP contribution in [0.15, 0.2) is 49.0 Å². The second kappa shape index (κ2) is 6.64. The van der Waals surface area contributed by atoms with Crippen LogP contribution in [0.5, 0.6) is 0 Å². The normalized spacial score (nSPS) is 14.9. The predicted molar refractivity (Wildman–Crippen MR) is 104 cm³/mol. The topological polar surface area (TPSA) is 46.6 Å². The highest BCUT2D eigenvalue weighted by Gasteiger charge is 2.38. The lowest BCUT2D eigenvalue weighted by Crippen LogP contribution is -2.31. The van der Waals surface area contributed by atoms with E-state index in [1.807, 2.05) is 50.2 Å². The Morgan fingerprint density at radius 1 is 1.12 bits per heavy atom. The fraction of sp³-hybridized carbons (Fsp3) is 0.182. The summed E-state index contributed by atoms with van der Waals surface area (Å²) in [6, 6.07) is 13.3. The van der Waals surface area contributed by atoms with Crippen molar-refractivity contribution < 1.29 is 14.3 Å². The standard InChI is InChI=1S/C22H21NO3/c1-13(2)16-10-11-19-18(12-16)20(22(25)23(19)15(4)24)21(26-5)17-9-7-6-8-14(17)3/h6-12H,1H2,2-5H3/b21-20-. The molecule has 0 aliphatic carbocycles. The summed E-state index contributed by atoms with van der Waals surface area (Å²) in [5.41, 5.74) is 5.28. The van der Waals surface area contributed by atoms with Crippen LogP contribution in [0.25, 0.3) is 16.9 Å². The summed E-state index contributed by atoms with van der Waals surface area (Å²) in [5, 5.41) is 0. The zero-order valence-corrected chi connectivity index (χ0v) is 15.4. The van der Waals surface area contributed by atoms with Crippen molar-refractivity contribution in [3.8, 4) is 0 Å². The molecule has 0 unspecified atom stereocenters. The van der Waals surface area contributed by atoms with Gasteiger partial charge < -0.3 is 4.74 Å². The first-order valence-corrected chi connectivity index (χ1v) is 8.36. The van der Waals surface area contributed by atoms with E-state index in [2.05, 4.69) is 6.58 Å². The van der Waals surface area contributed by atoms with Gasteiger partial charge in [-0.15, -0.1) is 0 Å². The van der Waals surface area contributed by atoms with E-state index in [1.54, 1.807) is 13.2 Å². The lowest BCUT2D eigenvalue weighted by molar-refractivity contribution is -0.122. The molecule has 0 bridgehead atoms. The van der Waals surface area contributed by atoms with Crippen molar-refractivity contribution in [2.24, 2.45) is 0 Å². The van der Waals surface area contributed by atoms with E-state index in [1.165, 1.54) is 11.8 Å². The van der Waals surface area contributed by atoms with Gasteiger partial charge in [0.2, 0.25) is 5.91 Å². The summed E-state index contributed by atoms with van der Waals surface area (Å²) in [6.45, 7) is 9.23. The molecule has 0 N–H and O–H groups in total. The fourth-order valence-corrected chi connectivity index (χ4v) is 3.24. The second-order valence-electron chi connectivity index (χ2n) is 6.40. The Morgan fingerprint density at radius 3 is 2.38 bits per heavy atom. The molecule has 26 heavy (non-hydrogen) atoms. The van der Waals surface area contributed by atoms with Crippen molar-refractivity contribution in [2.45, 2.75) is 20.8 Å². The zero-order valence-electron chi connectivity index (χ0n) is 15.4. The number of hydrogen-bond donors (Lipinski definition) is 0. The summed E-state index contributed by atoms with van der Waals surface area (Å²) in [5.74, 6) is -0.224. The number of ether oxygens (including phenoxy) is 1. The number of rotatable bonds is 3. The third-order valence-electron chi connectivity index (χ3n) is 4.55. The minimum atomic E-state index is -0.369. The molecular weight excluding hydrogens is 326 g/mol. The Morgan fingerprint density at radius 2 is 1.81 bits per heavy atom. The Kier molecular flexibility index (Phi) is 4.51. The molecular formula is C22H21NO3. The number of hydrogen-bond acceptors (Lipinski definition) is 3. The van der Waals surface area contributed by atoms with Gasteiger partial charge in [-0.1, -0.05) is 42.5 Å². The molecule has 0 atom stereocenters. The molecule has 0 aromatic heterocycles. The van der Waals surface area contributed by atoms with E-state index in [0.717, 1.165) is 22.3 Å². The third-order valence-corrected chi connectivity index (χ3v) is 4.55. The van der Waals surface area contributed by atoms with Crippen molar-refractivity contribution in [1.29, 1.82) is 0 Å². The lowest BCUT2D eigenvalue weighted by atomic mass is 9.96. The number of allylic oxidation sites excluding steroid dienone is 1. The molecule has 1 aliphatic rings. The number of aryl methyl sites for hydroxylation is 1. The van der Waals surface area contributed by atoms with Crippen LogP contribution in [0.3, 0.4) is 0 Å². The molecule has 132 valence electrons. The van der Waals surface area contributed by atoms with Gasteiger partial charge in [0.15, 0.2) is 0 Å². The number of anilines is 1. The number of carbonyl (C=O) groups is 2. The van der Waals surface area contributed by atoms with Crippen molar-refractivity contribution in [3.63, 3.8) is 0 Å². The van der Waals surface area contributed by atoms with Gasteiger partial charge in [-0.3, -0.25) is 9.59 Å². The van der Waals surface area contributed by atoms with Gasteiger partial charge in [0.25, 0.3) is 5.91 Å². The maximum Gasteiger partial charge on any atom is 0.269 e. The molecule has 2 aromatic carbocycles. The molecule has 1 heterocycles. The molecule has 3 rings (SSSR count). The molecule has 2 aromatic rings. The molecule has 4 nitrogen and oxygen atoms in total. The highest BCUT2D eigenvalue weighted by Crippen LogP contribution is 2.42. The van der Waals surface area contributed by atoms with Crippen LogP contribution >= 0.6 is 0 Å². The number of fused-ring (bicyclic) bond motifs is 1. The summed E-state index contributed by atoms with van der Waals surface area (Å²) >= 11 is 0. The highest BCUT2D eigenvalue weighted by molar-refractivity contribution is 6.43. The van der Waals surface area contributed by atoms with Crippen LogP contribution in [0.4, 0.5) is 5.69 Å². The first-order chi connectivity index (χ1) is 12.4. The number of carbonyl (C=O) groups excluding carboxylic acids is 2. The quantitative estimate of drug-likeness (QED) is 0.609. The Hall–Kier alpha value is -3.14. The highest BCUT2D eigenvalue weighted by atomic mass is 16.5. The van der Waals surface area contributed by atoms with Crippen LogP contribution in [0.2, 0.25) is 0 Å². The lowest BCUT2D eigenvalue weighted by Gasteiger charge is -2.13. The van der Waals surface area contributed by atoms with Gasteiger partial charge in [-0.25, -0.2) is 4.90 Å². The van der Waals surface area contributed by atoms with Crippen molar-refractivity contribution in [3.05, 3.63) is 71.3 Å². The Balaban J connectivity index is 2.36. The number of imide groups is 1. The van der Waals surface area contributed by atoms with Gasteiger partial charge in [0, 0.05) is 18.1 Å². The summed E-state index contributed by atoms with van der Waals surface area (Å²) in [4.78, 5) is 26.4. The van der Waals surface area contributed by atoms with Gasteiger partial charge in [-0.2, -0.15) is 0 Å². The third kappa shape index (κ3) is 2.73. The average molecular weight is 347 g/mol. The molecule has 0 spiro atoms. The number of benzene rings is 2. The van der Waals surface area contributed by atoms with Crippen molar-refractivity contribution in [1.82, 2.24) is 0 Å². The van der Waals surface area contributed by atoms with Gasteiger partial charge >= 0.3 is 0 Å². The SMILES string of the molecule is C=C(C)c1ccc2c(c1)/C(=C(/OC)c1ccccc1C)C(=O)N2C(C)=O. The van der Waals surface area contributed by atoms with Gasteiger partial charge in [0.1, 0.15) is 5.76 Å². The Bertz CT molecular complexity index is 969.